The van der Waals surface area contributed by atoms with E-state index in [9.17, 15) is 5.11 Å². The molecule has 0 aliphatic heterocycles. The third-order valence-corrected chi connectivity index (χ3v) is 5.43. The number of methoxy groups -OCH3 is 1. The molecule has 0 unspecified atom stereocenters. The molecular weight excluding hydrogens is 430 g/mol. The number of ether oxygens (including phenoxy) is 2. The highest BCUT2D eigenvalue weighted by molar-refractivity contribution is 6.31. The third-order valence-electron chi connectivity index (χ3n) is 5.19. The highest BCUT2D eigenvalue weighted by Gasteiger charge is 2.12. The van der Waals surface area contributed by atoms with E-state index in [-0.39, 0.29) is 12.4 Å². The number of aliphatic hydroxyl groups excluding tert-OH is 1. The fraction of sp³-hybridized carbons (Fsp3) is 0.417. The summed E-state index contributed by atoms with van der Waals surface area (Å²) in [5, 5.41) is 23.5. The first-order chi connectivity index (χ1) is 15.6. The van der Waals surface area contributed by atoms with Crippen molar-refractivity contribution >= 4 is 34.0 Å². The molecule has 172 valence electrons. The van der Waals surface area contributed by atoms with Crippen LogP contribution in [-0.2, 0) is 0 Å². The number of unbranched alkanes of at least 4 members (excludes halogenated alkanes) is 6. The number of aliphatic hydroxyl groups is 1. The van der Waals surface area contributed by atoms with Crippen LogP contribution >= 0.6 is 11.6 Å². The zero-order valence-electron chi connectivity index (χ0n) is 18.3. The van der Waals surface area contributed by atoms with Crippen molar-refractivity contribution in [2.75, 3.05) is 25.6 Å². The second-order valence-corrected chi connectivity index (χ2v) is 8.01. The highest BCUT2D eigenvalue weighted by atomic mass is 35.5. The summed E-state index contributed by atoms with van der Waals surface area (Å²) in [6, 6.07) is 8.65. The van der Waals surface area contributed by atoms with Gasteiger partial charge in [0.1, 0.15) is 17.9 Å². The quantitative estimate of drug-likeness (QED) is 0.276. The average molecular weight is 460 g/mol. The lowest BCUT2D eigenvalue weighted by atomic mass is 10.1. The number of phenols is 1. The molecule has 0 aliphatic rings. The molecule has 0 aliphatic carbocycles. The number of hydrogen-bond acceptors (Lipinski definition) is 7. The number of benzene rings is 2. The topological polar surface area (TPSA) is 96.7 Å². The summed E-state index contributed by atoms with van der Waals surface area (Å²) in [6.07, 6.45) is 9.03. The minimum atomic E-state index is 0.0109. The van der Waals surface area contributed by atoms with E-state index in [1.165, 1.54) is 32.7 Å². The van der Waals surface area contributed by atoms with Crippen LogP contribution in [0.25, 0.3) is 10.9 Å². The van der Waals surface area contributed by atoms with Crippen molar-refractivity contribution in [2.24, 2.45) is 0 Å². The van der Waals surface area contributed by atoms with Crippen molar-refractivity contribution in [1.82, 2.24) is 9.97 Å². The summed E-state index contributed by atoms with van der Waals surface area (Å²) in [5.74, 6) is 1.57. The maximum absolute atomic E-state index is 10.2. The number of rotatable bonds is 13. The van der Waals surface area contributed by atoms with Crippen molar-refractivity contribution in [3.05, 3.63) is 41.7 Å². The number of aromatic hydroxyl groups is 1. The molecule has 0 spiro atoms. The van der Waals surface area contributed by atoms with E-state index in [0.29, 0.717) is 45.5 Å². The molecule has 0 fully saturated rings. The SMILES string of the molecule is COc1cc2ncnc(Nc3cc(Cl)ccc3OCCCCCCCCCO)c2cc1O. The summed E-state index contributed by atoms with van der Waals surface area (Å²) in [7, 11) is 1.49. The van der Waals surface area contributed by atoms with Crippen LogP contribution in [0.15, 0.2) is 36.7 Å². The first-order valence-corrected chi connectivity index (χ1v) is 11.3. The molecule has 3 aromatic rings. The van der Waals surface area contributed by atoms with Crippen molar-refractivity contribution in [3.63, 3.8) is 0 Å². The summed E-state index contributed by atoms with van der Waals surface area (Å²) in [5.41, 5.74) is 1.33. The second-order valence-electron chi connectivity index (χ2n) is 7.58. The number of phenolic OH excluding ortho intramolecular Hbond substituents is 1. The van der Waals surface area contributed by atoms with E-state index in [4.69, 9.17) is 26.2 Å². The molecule has 0 saturated heterocycles. The van der Waals surface area contributed by atoms with Gasteiger partial charge < -0.3 is 25.0 Å². The van der Waals surface area contributed by atoms with E-state index in [2.05, 4.69) is 15.3 Å². The van der Waals surface area contributed by atoms with Gasteiger partial charge in [0.05, 0.1) is 24.9 Å². The molecule has 3 rings (SSSR count). The lowest BCUT2D eigenvalue weighted by Gasteiger charge is -2.15. The first-order valence-electron chi connectivity index (χ1n) is 10.9. The molecule has 1 aromatic heterocycles. The smallest absolute Gasteiger partial charge is 0.162 e. The minimum absolute atomic E-state index is 0.0109. The first kappa shape index (κ1) is 23.9. The van der Waals surface area contributed by atoms with E-state index >= 15 is 0 Å². The number of anilines is 2. The van der Waals surface area contributed by atoms with E-state index in [1.54, 1.807) is 24.3 Å². The molecular formula is C24H30ClN3O4. The molecule has 0 atom stereocenters. The molecule has 0 radical (unpaired) electrons. The largest absolute Gasteiger partial charge is 0.504 e. The van der Waals surface area contributed by atoms with Gasteiger partial charge in [0.25, 0.3) is 0 Å². The van der Waals surface area contributed by atoms with Gasteiger partial charge in [0, 0.05) is 23.1 Å². The van der Waals surface area contributed by atoms with Gasteiger partial charge in [-0.3, -0.25) is 0 Å². The van der Waals surface area contributed by atoms with Gasteiger partial charge in [0.15, 0.2) is 11.5 Å². The zero-order chi connectivity index (χ0) is 22.8. The van der Waals surface area contributed by atoms with Gasteiger partial charge in [-0.2, -0.15) is 0 Å². The van der Waals surface area contributed by atoms with Gasteiger partial charge in [-0.05, 0) is 37.1 Å². The number of nitrogens with one attached hydrogen (secondary N) is 1. The Morgan fingerprint density at radius 1 is 0.938 bits per heavy atom. The monoisotopic (exact) mass is 459 g/mol. The van der Waals surface area contributed by atoms with E-state index in [0.717, 1.165) is 25.7 Å². The summed E-state index contributed by atoms with van der Waals surface area (Å²) >= 11 is 6.22. The molecule has 0 saturated carbocycles. The Balaban J connectivity index is 1.64. The Morgan fingerprint density at radius 3 is 2.44 bits per heavy atom. The molecule has 7 nitrogen and oxygen atoms in total. The standard InChI is InChI=1S/C24H30ClN3O4/c1-31-23-15-19-18(14-21(23)30)24(27-16-26-19)28-20-13-17(25)9-10-22(20)32-12-8-6-4-2-3-5-7-11-29/h9-10,13-16,29-30H,2-8,11-12H2,1H3,(H,26,27,28). The molecule has 1 heterocycles. The van der Waals surface area contributed by atoms with Crippen molar-refractivity contribution < 1.29 is 19.7 Å². The van der Waals surface area contributed by atoms with Crippen molar-refractivity contribution in [1.29, 1.82) is 0 Å². The van der Waals surface area contributed by atoms with Crippen LogP contribution in [-0.4, -0.2) is 40.5 Å². The van der Waals surface area contributed by atoms with Crippen LogP contribution in [0.4, 0.5) is 11.5 Å². The Hall–Kier alpha value is -2.77. The van der Waals surface area contributed by atoms with Crippen molar-refractivity contribution in [3.8, 4) is 17.2 Å². The number of halogens is 1. The minimum Gasteiger partial charge on any atom is -0.504 e. The summed E-state index contributed by atoms with van der Waals surface area (Å²) in [4.78, 5) is 8.60. The number of nitrogens with zero attached hydrogens (tertiary/aromatic N) is 2. The van der Waals surface area contributed by atoms with E-state index in [1.807, 2.05) is 6.07 Å². The van der Waals surface area contributed by atoms with Crippen LogP contribution in [0.3, 0.4) is 0 Å². The van der Waals surface area contributed by atoms with Gasteiger partial charge in [-0.25, -0.2) is 9.97 Å². The van der Waals surface area contributed by atoms with Gasteiger partial charge in [0.2, 0.25) is 0 Å². The summed E-state index contributed by atoms with van der Waals surface area (Å²) in [6.45, 7) is 0.890. The third kappa shape index (κ3) is 6.61. The predicted molar refractivity (Wildman–Crippen MR) is 127 cm³/mol. The average Bonchev–Trinajstić information content (AvgIpc) is 2.79. The second kappa shape index (κ2) is 12.3. The molecule has 0 amide bonds. The summed E-state index contributed by atoms with van der Waals surface area (Å²) < 4.78 is 11.2. The van der Waals surface area contributed by atoms with Crippen molar-refractivity contribution in [2.45, 2.75) is 44.9 Å². The molecule has 0 bridgehead atoms. The zero-order valence-corrected chi connectivity index (χ0v) is 19.1. The van der Waals surface area contributed by atoms with Crippen LogP contribution in [0.2, 0.25) is 5.02 Å². The maximum atomic E-state index is 10.2. The molecule has 2 aromatic carbocycles. The number of fused-ring (bicyclic) bond motifs is 1. The lowest BCUT2D eigenvalue weighted by Crippen LogP contribution is -2.02. The highest BCUT2D eigenvalue weighted by Crippen LogP contribution is 2.36. The fourth-order valence-corrected chi connectivity index (χ4v) is 3.64. The lowest BCUT2D eigenvalue weighted by molar-refractivity contribution is 0.281. The van der Waals surface area contributed by atoms with Crippen LogP contribution in [0.5, 0.6) is 17.2 Å². The maximum Gasteiger partial charge on any atom is 0.162 e. The Labute approximate surface area is 193 Å². The van der Waals surface area contributed by atoms with Gasteiger partial charge in [-0.1, -0.05) is 43.7 Å². The van der Waals surface area contributed by atoms with Crippen LogP contribution < -0.4 is 14.8 Å². The fourth-order valence-electron chi connectivity index (χ4n) is 3.47. The normalized spacial score (nSPS) is 11.0. The van der Waals surface area contributed by atoms with Gasteiger partial charge >= 0.3 is 0 Å². The number of hydrogen-bond donors (Lipinski definition) is 3. The Kier molecular flexibility index (Phi) is 9.19. The van der Waals surface area contributed by atoms with Gasteiger partial charge in [-0.15, -0.1) is 0 Å². The predicted octanol–water partition coefficient (Wildman–Crippen LogP) is 5.84. The van der Waals surface area contributed by atoms with Crippen LogP contribution in [0, 0.1) is 0 Å². The molecule has 8 heteroatoms. The van der Waals surface area contributed by atoms with E-state index < -0.39 is 0 Å². The number of aromatic nitrogens is 2. The van der Waals surface area contributed by atoms with Crippen LogP contribution in [0.1, 0.15) is 44.9 Å². The molecule has 3 N–H and O–H groups in total. The Morgan fingerprint density at radius 2 is 1.69 bits per heavy atom. The molecule has 32 heavy (non-hydrogen) atoms. The Bertz CT molecular complexity index is 1020.